The Morgan fingerprint density at radius 1 is 1.35 bits per heavy atom. The maximum atomic E-state index is 9.51. The summed E-state index contributed by atoms with van der Waals surface area (Å²) in [6.45, 7) is 0.217. The first-order valence-corrected chi connectivity index (χ1v) is 5.65. The lowest BCUT2D eigenvalue weighted by Gasteiger charge is -2.27. The first kappa shape index (κ1) is 12.1. The van der Waals surface area contributed by atoms with Crippen LogP contribution in [0.15, 0.2) is 42.7 Å². The third-order valence-electron chi connectivity index (χ3n) is 2.68. The molecule has 0 amide bonds. The van der Waals surface area contributed by atoms with E-state index in [1.165, 1.54) is 0 Å². The summed E-state index contributed by atoms with van der Waals surface area (Å²) in [6, 6.07) is 9.47. The van der Waals surface area contributed by atoms with Crippen LogP contribution >= 0.6 is 11.6 Å². The molecule has 0 spiro atoms. The Morgan fingerprint density at radius 3 is 2.59 bits per heavy atom. The monoisotopic (exact) mass is 251 g/mol. The van der Waals surface area contributed by atoms with Crippen LogP contribution in [0.5, 0.6) is 0 Å². The van der Waals surface area contributed by atoms with Crippen LogP contribution in [0.1, 0.15) is 5.56 Å². The van der Waals surface area contributed by atoms with Crippen molar-refractivity contribution in [2.24, 2.45) is 5.73 Å². The number of hydrogen-bond donors (Lipinski definition) is 2. The van der Waals surface area contributed by atoms with E-state index in [1.54, 1.807) is 17.1 Å². The second kappa shape index (κ2) is 4.87. The van der Waals surface area contributed by atoms with Crippen LogP contribution in [-0.4, -0.2) is 21.5 Å². The predicted octanol–water partition coefficient (Wildman–Crippen LogP) is 1.38. The molecule has 0 bridgehead atoms. The molecule has 1 atom stereocenters. The van der Waals surface area contributed by atoms with Crippen molar-refractivity contribution < 1.29 is 5.11 Å². The molecule has 1 unspecified atom stereocenters. The minimum absolute atomic E-state index is 0.158. The van der Waals surface area contributed by atoms with E-state index < -0.39 is 5.54 Å². The third-order valence-corrected chi connectivity index (χ3v) is 2.87. The van der Waals surface area contributed by atoms with Gasteiger partial charge in [0.15, 0.2) is 0 Å². The van der Waals surface area contributed by atoms with Gasteiger partial charge in [0.25, 0.3) is 0 Å². The summed E-state index contributed by atoms with van der Waals surface area (Å²) in [4.78, 5) is 0. The predicted molar refractivity (Wildman–Crippen MR) is 66.6 cm³/mol. The van der Waals surface area contributed by atoms with Gasteiger partial charge in [0.05, 0.1) is 29.9 Å². The number of benzene rings is 1. The van der Waals surface area contributed by atoms with Gasteiger partial charge in [-0.3, -0.25) is 4.68 Å². The van der Waals surface area contributed by atoms with Gasteiger partial charge in [-0.25, -0.2) is 0 Å². The van der Waals surface area contributed by atoms with Crippen LogP contribution in [0.2, 0.25) is 5.02 Å². The molecule has 1 aromatic heterocycles. The fourth-order valence-corrected chi connectivity index (χ4v) is 1.87. The Morgan fingerprint density at radius 2 is 2.06 bits per heavy atom. The van der Waals surface area contributed by atoms with Gasteiger partial charge in [-0.2, -0.15) is 5.10 Å². The average molecular weight is 252 g/mol. The van der Waals surface area contributed by atoms with Crippen LogP contribution in [-0.2, 0) is 12.1 Å². The Labute approximate surface area is 105 Å². The molecule has 0 saturated heterocycles. The minimum Gasteiger partial charge on any atom is -0.394 e. The summed E-state index contributed by atoms with van der Waals surface area (Å²) in [6.07, 6.45) is 3.23. The summed E-state index contributed by atoms with van der Waals surface area (Å²) in [5.74, 6) is 0. The quantitative estimate of drug-likeness (QED) is 0.863. The van der Waals surface area contributed by atoms with Crippen LogP contribution < -0.4 is 5.73 Å². The van der Waals surface area contributed by atoms with E-state index >= 15 is 0 Å². The normalized spacial score (nSPS) is 14.5. The van der Waals surface area contributed by atoms with E-state index in [-0.39, 0.29) is 6.61 Å². The van der Waals surface area contributed by atoms with E-state index in [1.807, 2.05) is 30.3 Å². The molecule has 2 rings (SSSR count). The molecule has 4 nitrogen and oxygen atoms in total. The molecule has 3 N–H and O–H groups in total. The molecule has 0 radical (unpaired) electrons. The highest BCUT2D eigenvalue weighted by Gasteiger charge is 2.27. The van der Waals surface area contributed by atoms with E-state index in [4.69, 9.17) is 17.3 Å². The van der Waals surface area contributed by atoms with Gasteiger partial charge in [0, 0.05) is 6.20 Å². The number of aliphatic hydroxyl groups excluding tert-OH is 1. The second-order valence-corrected chi connectivity index (χ2v) is 4.47. The summed E-state index contributed by atoms with van der Waals surface area (Å²) in [7, 11) is 0. The van der Waals surface area contributed by atoms with E-state index in [2.05, 4.69) is 5.10 Å². The minimum atomic E-state index is -0.851. The van der Waals surface area contributed by atoms with E-state index in [0.717, 1.165) is 5.56 Å². The number of rotatable bonds is 4. The SMILES string of the molecule is NC(CO)(Cn1cc(Cl)cn1)c1ccccc1. The molecule has 0 aliphatic carbocycles. The molecule has 0 saturated carbocycles. The number of hydrogen-bond acceptors (Lipinski definition) is 3. The molecule has 5 heteroatoms. The molecular weight excluding hydrogens is 238 g/mol. The van der Waals surface area contributed by atoms with Gasteiger partial charge < -0.3 is 10.8 Å². The zero-order valence-corrected chi connectivity index (χ0v) is 10.0. The lowest BCUT2D eigenvalue weighted by Crippen LogP contribution is -2.44. The first-order chi connectivity index (χ1) is 8.14. The molecule has 1 aromatic carbocycles. The van der Waals surface area contributed by atoms with E-state index in [0.29, 0.717) is 11.6 Å². The van der Waals surface area contributed by atoms with Crippen molar-refractivity contribution in [1.29, 1.82) is 0 Å². The van der Waals surface area contributed by atoms with Gasteiger partial charge in [-0.15, -0.1) is 0 Å². The van der Waals surface area contributed by atoms with Crippen molar-refractivity contribution in [3.05, 3.63) is 53.3 Å². The summed E-state index contributed by atoms with van der Waals surface area (Å²) in [5.41, 5.74) is 6.22. The van der Waals surface area contributed by atoms with Crippen molar-refractivity contribution >= 4 is 11.6 Å². The van der Waals surface area contributed by atoms with Gasteiger partial charge in [-0.05, 0) is 5.56 Å². The fourth-order valence-electron chi connectivity index (χ4n) is 1.72. The number of aliphatic hydroxyl groups is 1. The summed E-state index contributed by atoms with van der Waals surface area (Å²) >= 11 is 5.79. The van der Waals surface area contributed by atoms with Crippen molar-refractivity contribution in [2.45, 2.75) is 12.1 Å². The molecule has 1 heterocycles. The summed E-state index contributed by atoms with van der Waals surface area (Å²) in [5, 5.41) is 14.1. The maximum Gasteiger partial charge on any atom is 0.0842 e. The van der Waals surface area contributed by atoms with Crippen molar-refractivity contribution in [3.63, 3.8) is 0 Å². The highest BCUT2D eigenvalue weighted by atomic mass is 35.5. The molecular formula is C12H14ClN3O. The molecule has 90 valence electrons. The Balaban J connectivity index is 2.26. The van der Waals surface area contributed by atoms with Crippen LogP contribution in [0.4, 0.5) is 0 Å². The molecule has 17 heavy (non-hydrogen) atoms. The zero-order chi connectivity index (χ0) is 12.3. The topological polar surface area (TPSA) is 64.1 Å². The molecule has 0 aliphatic heterocycles. The molecule has 0 aliphatic rings. The maximum absolute atomic E-state index is 9.51. The largest absolute Gasteiger partial charge is 0.394 e. The number of aromatic nitrogens is 2. The van der Waals surface area contributed by atoms with Crippen molar-refractivity contribution in [2.75, 3.05) is 6.61 Å². The van der Waals surface area contributed by atoms with Gasteiger partial charge >= 0.3 is 0 Å². The van der Waals surface area contributed by atoms with Crippen LogP contribution in [0, 0.1) is 0 Å². The third kappa shape index (κ3) is 2.66. The fraction of sp³-hybridized carbons (Fsp3) is 0.250. The summed E-state index contributed by atoms with van der Waals surface area (Å²) < 4.78 is 1.63. The highest BCUT2D eigenvalue weighted by Crippen LogP contribution is 2.20. The second-order valence-electron chi connectivity index (χ2n) is 4.04. The van der Waals surface area contributed by atoms with Crippen LogP contribution in [0.3, 0.4) is 0 Å². The lowest BCUT2D eigenvalue weighted by atomic mass is 9.92. The standard InChI is InChI=1S/C12H14ClN3O/c13-11-6-15-16(7-11)8-12(14,9-17)10-4-2-1-3-5-10/h1-7,17H,8-9,14H2. The van der Waals surface area contributed by atoms with Gasteiger partial charge in [0.2, 0.25) is 0 Å². The molecule has 0 fully saturated rings. The van der Waals surface area contributed by atoms with Crippen LogP contribution in [0.25, 0.3) is 0 Å². The Hall–Kier alpha value is -1.36. The zero-order valence-electron chi connectivity index (χ0n) is 9.25. The first-order valence-electron chi connectivity index (χ1n) is 5.27. The number of nitrogens with zero attached hydrogens (tertiary/aromatic N) is 2. The Kier molecular flexibility index (Phi) is 3.47. The lowest BCUT2D eigenvalue weighted by molar-refractivity contribution is 0.174. The van der Waals surface area contributed by atoms with E-state index in [9.17, 15) is 5.11 Å². The van der Waals surface area contributed by atoms with Gasteiger partial charge in [0.1, 0.15) is 0 Å². The van der Waals surface area contributed by atoms with Crippen molar-refractivity contribution in [3.8, 4) is 0 Å². The van der Waals surface area contributed by atoms with Crippen molar-refractivity contribution in [1.82, 2.24) is 9.78 Å². The highest BCUT2D eigenvalue weighted by molar-refractivity contribution is 6.30. The Bertz CT molecular complexity index is 486. The smallest absolute Gasteiger partial charge is 0.0842 e. The average Bonchev–Trinajstić information content (AvgIpc) is 2.75. The van der Waals surface area contributed by atoms with Gasteiger partial charge in [-0.1, -0.05) is 41.9 Å². The number of nitrogens with two attached hydrogens (primary N) is 1. The number of halogens is 1. The molecule has 2 aromatic rings.